The van der Waals surface area contributed by atoms with Crippen molar-refractivity contribution in [2.75, 3.05) is 0 Å². The number of halogens is 20. The SMILES string of the molecule is Cc1cc(C)c(OC2CCC3C4CC5NC4C4C6NC(CC6C6CCC(Oc7c(C)cc(C)cc7C)C7CC2C3C4C76)C(c2c(F)c(F)c(F)c(F)c2F)C2CCC(N2)C(c2c(F)c(F)c(F)c(F)c2F)C2CC3C4CCC(Oc6c(C)cc(C)cc6C)C6CC7C(Oc8c(C)cc(C)cc8C)CCC8C9CC(NC9C(C3N2)C(C78)C64)C(c2c(F)c(F)c(F)c(F)c2F)C2CCC(N2)C5c2c(F)c(F)c(F)c(F)c2F)c(C)c1. The van der Waals surface area contributed by atoms with Gasteiger partial charge in [0.05, 0.1) is 0 Å². The molecule has 17 fully saturated rings. The van der Waals surface area contributed by atoms with E-state index in [0.29, 0.717) is 87.2 Å². The highest BCUT2D eigenvalue weighted by molar-refractivity contribution is 5.49. The molecule has 30 heteroatoms. The minimum Gasteiger partial charge on any atom is -0.490 e. The zero-order valence-electron chi connectivity index (χ0n) is 84.6. The molecule has 7 saturated heterocycles. The molecule has 12 bridgehead atoms. The fourth-order valence-electron chi connectivity index (χ4n) is 38.0. The van der Waals surface area contributed by atoms with Crippen molar-refractivity contribution in [3.05, 3.63) is 254 Å². The van der Waals surface area contributed by atoms with E-state index in [-0.39, 0.29) is 122 Å². The van der Waals surface area contributed by atoms with Crippen molar-refractivity contribution in [1.82, 2.24) is 31.9 Å². The Morgan fingerprint density at radius 3 is 0.534 bits per heavy atom. The molecule has 6 N–H and O–H groups in total. The molecule has 7 aliphatic heterocycles. The van der Waals surface area contributed by atoms with E-state index < -0.39 is 307 Å². The van der Waals surface area contributed by atoms with Gasteiger partial charge in [-0.2, -0.15) is 0 Å². The first-order valence-corrected chi connectivity index (χ1v) is 54.2. The van der Waals surface area contributed by atoms with E-state index in [1.807, 2.05) is 132 Å². The smallest absolute Gasteiger partial charge is 0.200 e. The van der Waals surface area contributed by atoms with Crippen LogP contribution in [0.4, 0.5) is 87.8 Å². The lowest BCUT2D eigenvalue weighted by atomic mass is 9.38. The van der Waals surface area contributed by atoms with Gasteiger partial charge in [0, 0.05) is 118 Å². The van der Waals surface area contributed by atoms with Crippen LogP contribution >= 0.6 is 0 Å². The van der Waals surface area contributed by atoms with Crippen molar-refractivity contribution in [1.29, 1.82) is 0 Å². The van der Waals surface area contributed by atoms with Gasteiger partial charge < -0.3 is 50.8 Å². The lowest BCUT2D eigenvalue weighted by Gasteiger charge is -2.69. The maximum atomic E-state index is 18.3. The highest BCUT2D eigenvalue weighted by Gasteiger charge is 2.75. The van der Waals surface area contributed by atoms with Crippen LogP contribution in [0.2, 0.25) is 0 Å². The summed E-state index contributed by atoms with van der Waals surface area (Å²) in [6.07, 6.45) is 1.46. The molecule has 25 rings (SSSR count). The van der Waals surface area contributed by atoms with Crippen LogP contribution in [0.3, 0.4) is 0 Å². The maximum absolute atomic E-state index is 18.3. The average molecular weight is 2070 g/mol. The topological polar surface area (TPSA) is 109 Å². The van der Waals surface area contributed by atoms with Crippen LogP contribution in [0.1, 0.15) is 228 Å². The molecule has 10 saturated carbocycles. The molecule has 8 aromatic carbocycles. The third-order valence-electron chi connectivity index (χ3n) is 41.9. The first kappa shape index (κ1) is 99.9. The van der Waals surface area contributed by atoms with Crippen molar-refractivity contribution in [3.63, 3.8) is 0 Å². The molecule has 148 heavy (non-hydrogen) atoms. The molecule has 8 aromatic rings. The van der Waals surface area contributed by atoms with Crippen molar-refractivity contribution in [2.24, 2.45) is 118 Å². The number of hydrogen-bond donors (Lipinski definition) is 6. The predicted octanol–water partition coefficient (Wildman–Crippen LogP) is 24.9. The Morgan fingerprint density at radius 1 is 0.176 bits per heavy atom. The van der Waals surface area contributed by atoms with Crippen LogP contribution in [0, 0.1) is 318 Å². The molecule has 0 amide bonds. The molecule has 792 valence electrons. The third-order valence-corrected chi connectivity index (χ3v) is 41.9. The second-order valence-electron chi connectivity index (χ2n) is 49.0. The Hall–Kier alpha value is -8.68. The van der Waals surface area contributed by atoms with Gasteiger partial charge in [-0.05, 0) is 362 Å². The van der Waals surface area contributed by atoms with E-state index in [0.717, 1.165) is 66.8 Å². The molecule has 10 nitrogen and oxygen atoms in total. The molecule has 36 unspecified atom stereocenters. The van der Waals surface area contributed by atoms with Crippen LogP contribution in [0.15, 0.2) is 48.5 Å². The van der Waals surface area contributed by atoms with Gasteiger partial charge in [-0.1, -0.05) is 70.8 Å². The number of rotatable bonds is 12. The summed E-state index contributed by atoms with van der Waals surface area (Å²) in [6, 6.07) is 1.83. The Morgan fingerprint density at radius 2 is 0.351 bits per heavy atom. The number of benzene rings is 8. The average Bonchev–Trinajstić information content (AvgIpc) is 1.41. The van der Waals surface area contributed by atoms with Crippen molar-refractivity contribution < 1.29 is 107 Å². The largest absolute Gasteiger partial charge is 0.490 e. The summed E-state index contributed by atoms with van der Waals surface area (Å²) in [5.74, 6) is -58.6. The van der Waals surface area contributed by atoms with Gasteiger partial charge in [0.25, 0.3) is 0 Å². The highest BCUT2D eigenvalue weighted by atomic mass is 19.2. The fourth-order valence-corrected chi connectivity index (χ4v) is 38.0. The predicted molar refractivity (Wildman–Crippen MR) is 513 cm³/mol. The summed E-state index contributed by atoms with van der Waals surface area (Å²) >= 11 is 0. The molecule has 0 radical (unpaired) electrons. The molecule has 0 aromatic heterocycles. The normalized spacial score (nSPS) is 39.2. The zero-order chi connectivity index (χ0) is 104. The van der Waals surface area contributed by atoms with Gasteiger partial charge in [0.2, 0.25) is 23.3 Å². The van der Waals surface area contributed by atoms with E-state index in [1.54, 1.807) is 0 Å². The van der Waals surface area contributed by atoms with Crippen LogP contribution in [-0.2, 0) is 0 Å². The first-order valence-electron chi connectivity index (χ1n) is 54.2. The van der Waals surface area contributed by atoms with Crippen molar-refractivity contribution >= 4 is 0 Å². The Balaban J connectivity index is 0.706. The maximum Gasteiger partial charge on any atom is 0.200 e. The summed E-state index contributed by atoms with van der Waals surface area (Å²) in [5.41, 5.74) is 6.13. The van der Waals surface area contributed by atoms with Gasteiger partial charge in [-0.3, -0.25) is 0 Å². The lowest BCUT2D eigenvalue weighted by molar-refractivity contribution is -0.211. The molecular weight excluding hydrogens is 1950 g/mol. The fraction of sp³-hybridized carbons (Fsp3) is 0.593. The zero-order valence-corrected chi connectivity index (χ0v) is 84.6. The van der Waals surface area contributed by atoms with E-state index in [4.69, 9.17) is 18.9 Å². The van der Waals surface area contributed by atoms with E-state index in [2.05, 4.69) is 31.9 Å². The molecule has 0 spiro atoms. The summed E-state index contributed by atoms with van der Waals surface area (Å²) in [6.45, 7) is 23.8. The number of hydrogen-bond acceptors (Lipinski definition) is 10. The van der Waals surface area contributed by atoms with Crippen LogP contribution in [0.5, 0.6) is 23.0 Å². The number of aryl methyl sites for hydroxylation is 12. The molecule has 10 aliphatic carbocycles. The van der Waals surface area contributed by atoms with Crippen molar-refractivity contribution in [2.45, 2.75) is 319 Å². The van der Waals surface area contributed by atoms with E-state index in [1.165, 1.54) is 0 Å². The third kappa shape index (κ3) is 14.9. The first-order chi connectivity index (χ1) is 70.6. The minimum atomic E-state index is -2.46. The second kappa shape index (κ2) is 36.5. The van der Waals surface area contributed by atoms with E-state index in [9.17, 15) is 0 Å². The Labute approximate surface area is 848 Å². The molecular formula is C118H126F20N6O4. The van der Waals surface area contributed by atoms with Crippen LogP contribution in [0.25, 0.3) is 0 Å². The van der Waals surface area contributed by atoms with Gasteiger partial charge in [0.15, 0.2) is 93.1 Å². The Kier molecular flexibility index (Phi) is 24.6. The van der Waals surface area contributed by atoms with Crippen molar-refractivity contribution in [3.8, 4) is 23.0 Å². The lowest BCUT2D eigenvalue weighted by Crippen LogP contribution is -2.71. The van der Waals surface area contributed by atoms with Crippen LogP contribution in [-0.4, -0.2) is 96.9 Å². The minimum absolute atomic E-state index is 0.0494. The number of nitrogens with one attached hydrogen (secondary N) is 6. The van der Waals surface area contributed by atoms with Gasteiger partial charge >= 0.3 is 0 Å². The number of ether oxygens (including phenoxy) is 4. The number of fused-ring (bicyclic) bond motifs is 12. The second-order valence-corrected chi connectivity index (χ2v) is 49.0. The monoisotopic (exact) mass is 2070 g/mol. The quantitative estimate of drug-likeness (QED) is 0.0402. The van der Waals surface area contributed by atoms with E-state index >= 15 is 87.8 Å². The summed E-state index contributed by atoms with van der Waals surface area (Å²) in [5, 5.41) is 22.8. The summed E-state index contributed by atoms with van der Waals surface area (Å²) < 4.78 is 379. The molecule has 36 atom stereocenters. The molecule has 17 aliphatic rings. The summed E-state index contributed by atoms with van der Waals surface area (Å²) in [4.78, 5) is 0. The van der Waals surface area contributed by atoms with Crippen LogP contribution < -0.4 is 50.8 Å². The molecule has 7 heterocycles. The standard InChI is InChI=1S/C118H126F20N6O4/c1-39-25-43(5)115(44(6)26-39)145-71-21-13-51-55-35-67-79(85-91(119)99(127)107(135)100(128)92(85)120)63-17-18-65(139-63)81(87-95(123)103(131)109(137)104(132)96(87)124)69-37-57-53-15-23-73(147-117-47(9)29-41(3)30-48(117)10)61-34-62-74(148-118-49(11)31-42(4)32-50(118)12)24-16-54-58-38-70(144-114(58)90(113(57)143-69)84(77(53)61)78(54)62)82(88-97(125)105(133)110(138)106(134)98(88)126)66-20-19-64(140-66)80(86-93(121)101(129)108(136)102(130)94(86)122)68-36-56-52-14-22-72(146-116-45(7)27-40(2)28-46(116)8)60-33-59(71)75(51)83(76(52)60)89(111(55)141-67)112(56)142-68/h25-32,51-84,89-90,111-114,139-144H,13-24,33-38H2,1-12H3. The summed E-state index contributed by atoms with van der Waals surface area (Å²) in [7, 11) is 0. The van der Waals surface area contributed by atoms with Gasteiger partial charge in [0.1, 0.15) is 47.4 Å². The van der Waals surface area contributed by atoms with Gasteiger partial charge in [-0.25, -0.2) is 87.8 Å². The highest BCUT2D eigenvalue weighted by Crippen LogP contribution is 2.74. The Bertz CT molecular complexity index is 5780. The van der Waals surface area contributed by atoms with Gasteiger partial charge in [-0.15, -0.1) is 0 Å².